The van der Waals surface area contributed by atoms with Crippen LogP contribution in [-0.2, 0) is 9.59 Å². The summed E-state index contributed by atoms with van der Waals surface area (Å²) in [6.07, 6.45) is 1.34. The highest BCUT2D eigenvalue weighted by molar-refractivity contribution is 6.39. The molecule has 0 fully saturated rings. The lowest BCUT2D eigenvalue weighted by atomic mass is 9.95. The smallest absolute Gasteiger partial charge is 0.313 e. The van der Waals surface area contributed by atoms with Crippen LogP contribution in [0.15, 0.2) is 24.3 Å². The number of carbonyl (C=O) groups is 2. The van der Waals surface area contributed by atoms with E-state index in [1.165, 1.54) is 18.2 Å². The van der Waals surface area contributed by atoms with Gasteiger partial charge in [0.05, 0.1) is 5.60 Å². The number of halogens is 1. The molecule has 0 heterocycles. The third-order valence-corrected chi connectivity index (χ3v) is 3.18. The summed E-state index contributed by atoms with van der Waals surface area (Å²) in [4.78, 5) is 23.4. The molecule has 0 aliphatic heterocycles. The lowest BCUT2D eigenvalue weighted by Gasteiger charge is -2.24. The Balaban J connectivity index is 2.46. The molecule has 122 valence electrons. The van der Waals surface area contributed by atoms with E-state index in [0.717, 1.165) is 12.5 Å². The Morgan fingerprint density at radius 2 is 2.00 bits per heavy atom. The summed E-state index contributed by atoms with van der Waals surface area (Å²) in [7, 11) is 0. The van der Waals surface area contributed by atoms with Crippen molar-refractivity contribution in [1.29, 1.82) is 0 Å². The van der Waals surface area contributed by atoms with Crippen LogP contribution in [0.25, 0.3) is 0 Å². The first-order chi connectivity index (χ1) is 10.2. The topological polar surface area (TPSA) is 78.4 Å². The van der Waals surface area contributed by atoms with Gasteiger partial charge in [-0.15, -0.1) is 0 Å². The van der Waals surface area contributed by atoms with Crippen molar-refractivity contribution in [3.05, 3.63) is 30.1 Å². The zero-order valence-corrected chi connectivity index (χ0v) is 13.1. The SMILES string of the molecule is CC(C)CCC(C)(O)CNC(=O)C(=O)Nc1cccc(F)c1. The van der Waals surface area contributed by atoms with Gasteiger partial charge in [-0.05, 0) is 43.9 Å². The maximum atomic E-state index is 13.0. The van der Waals surface area contributed by atoms with Gasteiger partial charge < -0.3 is 15.7 Å². The molecular formula is C16H23FN2O3. The summed E-state index contributed by atoms with van der Waals surface area (Å²) in [6.45, 7) is 5.68. The maximum absolute atomic E-state index is 13.0. The summed E-state index contributed by atoms with van der Waals surface area (Å²) in [5.74, 6) is -1.83. The third kappa shape index (κ3) is 6.67. The van der Waals surface area contributed by atoms with Crippen LogP contribution in [-0.4, -0.2) is 29.1 Å². The van der Waals surface area contributed by atoms with Crippen LogP contribution in [0.5, 0.6) is 0 Å². The summed E-state index contributed by atoms with van der Waals surface area (Å²) >= 11 is 0. The molecular weight excluding hydrogens is 287 g/mol. The number of carbonyl (C=O) groups excluding carboxylic acids is 2. The molecule has 0 spiro atoms. The van der Waals surface area contributed by atoms with Gasteiger partial charge in [0.25, 0.3) is 0 Å². The molecule has 5 nitrogen and oxygen atoms in total. The second-order valence-corrected chi connectivity index (χ2v) is 6.08. The van der Waals surface area contributed by atoms with Gasteiger partial charge >= 0.3 is 11.8 Å². The Hall–Kier alpha value is -1.95. The van der Waals surface area contributed by atoms with Crippen LogP contribution in [0, 0.1) is 11.7 Å². The molecule has 0 aliphatic rings. The van der Waals surface area contributed by atoms with Gasteiger partial charge in [0.15, 0.2) is 0 Å². The van der Waals surface area contributed by atoms with Crippen LogP contribution in [0.1, 0.15) is 33.6 Å². The summed E-state index contributed by atoms with van der Waals surface area (Å²) < 4.78 is 13.0. The van der Waals surface area contributed by atoms with Crippen LogP contribution in [0.3, 0.4) is 0 Å². The number of amides is 2. The molecule has 0 aliphatic carbocycles. The normalized spacial score (nSPS) is 13.5. The van der Waals surface area contributed by atoms with Crippen molar-refractivity contribution in [1.82, 2.24) is 5.32 Å². The first-order valence-electron chi connectivity index (χ1n) is 7.27. The Morgan fingerprint density at radius 1 is 1.32 bits per heavy atom. The van der Waals surface area contributed by atoms with E-state index in [-0.39, 0.29) is 12.2 Å². The largest absolute Gasteiger partial charge is 0.388 e. The first kappa shape index (κ1) is 18.1. The molecule has 1 atom stereocenters. The fourth-order valence-corrected chi connectivity index (χ4v) is 1.79. The van der Waals surface area contributed by atoms with E-state index in [0.29, 0.717) is 12.3 Å². The number of benzene rings is 1. The van der Waals surface area contributed by atoms with Crippen LogP contribution < -0.4 is 10.6 Å². The van der Waals surface area contributed by atoms with Crippen molar-refractivity contribution in [2.24, 2.45) is 5.92 Å². The highest BCUT2D eigenvalue weighted by Crippen LogP contribution is 2.15. The molecule has 0 radical (unpaired) electrons. The molecule has 3 N–H and O–H groups in total. The lowest BCUT2D eigenvalue weighted by Crippen LogP contribution is -2.44. The van der Waals surface area contributed by atoms with Crippen LogP contribution >= 0.6 is 0 Å². The maximum Gasteiger partial charge on any atom is 0.313 e. The number of aliphatic hydroxyl groups is 1. The minimum atomic E-state index is -1.07. The highest BCUT2D eigenvalue weighted by Gasteiger charge is 2.23. The van der Waals surface area contributed by atoms with E-state index in [9.17, 15) is 19.1 Å². The average molecular weight is 310 g/mol. The number of nitrogens with one attached hydrogen (secondary N) is 2. The van der Waals surface area contributed by atoms with Gasteiger partial charge in [-0.3, -0.25) is 9.59 Å². The zero-order valence-electron chi connectivity index (χ0n) is 13.1. The van der Waals surface area contributed by atoms with Crippen molar-refractivity contribution >= 4 is 17.5 Å². The standard InChI is InChI=1S/C16H23FN2O3/c1-11(2)7-8-16(3,22)10-18-14(20)15(21)19-13-6-4-5-12(17)9-13/h4-6,9,11,22H,7-8,10H2,1-3H3,(H,18,20)(H,19,21). The predicted octanol–water partition coefficient (Wildman–Crippen LogP) is 2.07. The number of hydrogen-bond acceptors (Lipinski definition) is 3. The minimum Gasteiger partial charge on any atom is -0.388 e. The molecule has 1 rings (SSSR count). The third-order valence-electron chi connectivity index (χ3n) is 3.18. The second-order valence-electron chi connectivity index (χ2n) is 6.08. The van der Waals surface area contributed by atoms with E-state index in [4.69, 9.17) is 0 Å². The van der Waals surface area contributed by atoms with Crippen molar-refractivity contribution in [3.63, 3.8) is 0 Å². The highest BCUT2D eigenvalue weighted by atomic mass is 19.1. The molecule has 1 aromatic rings. The molecule has 6 heteroatoms. The van der Waals surface area contributed by atoms with Crippen molar-refractivity contribution < 1.29 is 19.1 Å². The Kier molecular flexibility index (Phi) is 6.49. The van der Waals surface area contributed by atoms with E-state index in [1.807, 2.05) is 13.8 Å². The zero-order chi connectivity index (χ0) is 16.8. The van der Waals surface area contributed by atoms with Crippen molar-refractivity contribution in [2.45, 2.75) is 39.2 Å². The van der Waals surface area contributed by atoms with Gasteiger partial charge in [0, 0.05) is 12.2 Å². The quantitative estimate of drug-likeness (QED) is 0.704. The van der Waals surface area contributed by atoms with Crippen LogP contribution in [0.2, 0.25) is 0 Å². The van der Waals surface area contributed by atoms with Crippen LogP contribution in [0.4, 0.5) is 10.1 Å². The van der Waals surface area contributed by atoms with Crippen molar-refractivity contribution in [2.75, 3.05) is 11.9 Å². The van der Waals surface area contributed by atoms with E-state index in [1.54, 1.807) is 6.92 Å². The fourth-order valence-electron chi connectivity index (χ4n) is 1.79. The van der Waals surface area contributed by atoms with Gasteiger partial charge in [-0.2, -0.15) is 0 Å². The average Bonchev–Trinajstić information content (AvgIpc) is 2.43. The summed E-state index contributed by atoms with van der Waals surface area (Å²) in [6, 6.07) is 5.26. The minimum absolute atomic E-state index is 0.0187. The second kappa shape index (κ2) is 7.89. The van der Waals surface area contributed by atoms with E-state index < -0.39 is 23.2 Å². The molecule has 2 amide bonds. The Bertz CT molecular complexity index is 530. The van der Waals surface area contributed by atoms with Crippen molar-refractivity contribution in [3.8, 4) is 0 Å². The lowest BCUT2D eigenvalue weighted by molar-refractivity contribution is -0.136. The molecule has 1 aromatic carbocycles. The number of rotatable bonds is 6. The fraction of sp³-hybridized carbons (Fsp3) is 0.500. The summed E-state index contributed by atoms with van der Waals surface area (Å²) in [5, 5.41) is 14.8. The van der Waals surface area contributed by atoms with E-state index in [2.05, 4.69) is 10.6 Å². The first-order valence-corrected chi connectivity index (χ1v) is 7.27. The monoisotopic (exact) mass is 310 g/mol. The molecule has 1 unspecified atom stereocenters. The van der Waals surface area contributed by atoms with Gasteiger partial charge in [-0.1, -0.05) is 19.9 Å². The molecule has 0 saturated heterocycles. The van der Waals surface area contributed by atoms with Gasteiger partial charge in [0.1, 0.15) is 5.82 Å². The molecule has 0 aromatic heterocycles. The summed E-state index contributed by atoms with van der Waals surface area (Å²) in [5.41, 5.74) is -0.870. The predicted molar refractivity (Wildman–Crippen MR) is 82.7 cm³/mol. The molecule has 0 saturated carbocycles. The Morgan fingerprint density at radius 3 is 2.59 bits per heavy atom. The molecule has 22 heavy (non-hydrogen) atoms. The number of hydrogen-bond donors (Lipinski definition) is 3. The molecule has 0 bridgehead atoms. The Labute approximate surface area is 129 Å². The van der Waals surface area contributed by atoms with Gasteiger partial charge in [0.2, 0.25) is 0 Å². The number of anilines is 1. The van der Waals surface area contributed by atoms with Gasteiger partial charge in [-0.25, -0.2) is 4.39 Å². The van der Waals surface area contributed by atoms with E-state index >= 15 is 0 Å².